The Kier molecular flexibility index (Phi) is 5.73. The van der Waals surface area contributed by atoms with Gasteiger partial charge in [-0.15, -0.1) is 0 Å². The van der Waals surface area contributed by atoms with E-state index >= 15 is 0 Å². The molecule has 0 saturated heterocycles. The molecule has 27 heavy (non-hydrogen) atoms. The number of nitrogens with zero attached hydrogens (tertiary/aromatic N) is 2. The van der Waals surface area contributed by atoms with Crippen molar-refractivity contribution in [2.75, 3.05) is 5.32 Å². The molecule has 0 atom stereocenters. The fourth-order valence-electron chi connectivity index (χ4n) is 2.36. The summed E-state index contributed by atoms with van der Waals surface area (Å²) in [5.74, 6) is 0.136. The molecule has 3 aromatic rings. The van der Waals surface area contributed by atoms with Gasteiger partial charge in [0.1, 0.15) is 5.75 Å². The molecule has 0 unspecified atom stereocenters. The van der Waals surface area contributed by atoms with Gasteiger partial charge in [0.2, 0.25) is 17.7 Å². The van der Waals surface area contributed by atoms with Crippen LogP contribution in [-0.2, 0) is 11.2 Å². The van der Waals surface area contributed by atoms with Crippen LogP contribution in [0.15, 0.2) is 67.0 Å². The lowest BCUT2D eigenvalue weighted by Gasteiger charge is -2.08. The number of pyridine rings is 2. The lowest BCUT2D eigenvalue weighted by molar-refractivity contribution is -0.116. The van der Waals surface area contributed by atoms with Crippen molar-refractivity contribution in [3.63, 3.8) is 0 Å². The summed E-state index contributed by atoms with van der Waals surface area (Å²) >= 11 is 0. The summed E-state index contributed by atoms with van der Waals surface area (Å²) in [4.78, 5) is 31.6. The van der Waals surface area contributed by atoms with Crippen molar-refractivity contribution in [3.05, 3.63) is 78.2 Å². The van der Waals surface area contributed by atoms with Gasteiger partial charge in [-0.1, -0.05) is 12.1 Å². The lowest BCUT2D eigenvalue weighted by Crippen LogP contribution is -2.12. The highest BCUT2D eigenvalue weighted by Gasteiger charge is 2.06. The summed E-state index contributed by atoms with van der Waals surface area (Å²) in [5.41, 5.74) is 7.04. The Hall–Kier alpha value is -3.74. The number of anilines is 1. The molecule has 3 rings (SSSR count). The van der Waals surface area contributed by atoms with Crippen molar-refractivity contribution in [1.29, 1.82) is 0 Å². The maximum Gasteiger partial charge on any atom is 0.248 e. The molecule has 0 spiro atoms. The van der Waals surface area contributed by atoms with Crippen LogP contribution in [-0.4, -0.2) is 21.8 Å². The maximum atomic E-state index is 12.0. The van der Waals surface area contributed by atoms with Crippen LogP contribution in [0.1, 0.15) is 22.5 Å². The molecule has 136 valence electrons. The van der Waals surface area contributed by atoms with Crippen LogP contribution < -0.4 is 15.8 Å². The third kappa shape index (κ3) is 5.37. The zero-order valence-corrected chi connectivity index (χ0v) is 14.5. The number of hydrogen-bond donors (Lipinski definition) is 2. The average Bonchev–Trinajstić information content (AvgIpc) is 2.69. The monoisotopic (exact) mass is 362 g/mol. The van der Waals surface area contributed by atoms with Crippen molar-refractivity contribution in [2.24, 2.45) is 5.73 Å². The fourth-order valence-corrected chi connectivity index (χ4v) is 2.36. The zero-order chi connectivity index (χ0) is 19.1. The van der Waals surface area contributed by atoms with E-state index in [0.717, 1.165) is 5.69 Å². The predicted molar refractivity (Wildman–Crippen MR) is 100 cm³/mol. The second-order valence-corrected chi connectivity index (χ2v) is 5.75. The smallest absolute Gasteiger partial charge is 0.248 e. The van der Waals surface area contributed by atoms with Gasteiger partial charge >= 0.3 is 0 Å². The highest BCUT2D eigenvalue weighted by Crippen LogP contribution is 2.21. The van der Waals surface area contributed by atoms with E-state index in [9.17, 15) is 9.59 Å². The topological polar surface area (TPSA) is 107 Å². The van der Waals surface area contributed by atoms with Gasteiger partial charge in [0.05, 0.1) is 11.9 Å². The quantitative estimate of drug-likeness (QED) is 0.672. The van der Waals surface area contributed by atoms with Crippen LogP contribution in [0.25, 0.3) is 0 Å². The molecule has 2 heterocycles. The molecule has 7 nitrogen and oxygen atoms in total. The maximum absolute atomic E-state index is 12.0. The van der Waals surface area contributed by atoms with Gasteiger partial charge in [-0.2, -0.15) is 0 Å². The van der Waals surface area contributed by atoms with E-state index in [1.54, 1.807) is 36.5 Å². The number of aryl methyl sites for hydroxylation is 1. The number of amides is 2. The highest BCUT2D eigenvalue weighted by atomic mass is 16.5. The van der Waals surface area contributed by atoms with E-state index < -0.39 is 5.91 Å². The summed E-state index contributed by atoms with van der Waals surface area (Å²) in [7, 11) is 0. The van der Waals surface area contributed by atoms with E-state index in [2.05, 4.69) is 15.3 Å². The number of benzene rings is 1. The number of ether oxygens (including phenoxy) is 1. The van der Waals surface area contributed by atoms with Gasteiger partial charge in [-0.3, -0.25) is 14.6 Å². The molecule has 0 radical (unpaired) electrons. The average molecular weight is 362 g/mol. The van der Waals surface area contributed by atoms with Gasteiger partial charge in [-0.05, 0) is 42.8 Å². The van der Waals surface area contributed by atoms with Gasteiger partial charge < -0.3 is 15.8 Å². The first kappa shape index (κ1) is 18.1. The molecule has 0 aliphatic carbocycles. The first-order valence-corrected chi connectivity index (χ1v) is 8.34. The number of carbonyl (C=O) groups is 2. The van der Waals surface area contributed by atoms with Crippen molar-refractivity contribution in [1.82, 2.24) is 9.97 Å². The van der Waals surface area contributed by atoms with Gasteiger partial charge in [0.25, 0.3) is 0 Å². The molecule has 7 heteroatoms. The van der Waals surface area contributed by atoms with Crippen molar-refractivity contribution in [3.8, 4) is 11.6 Å². The van der Waals surface area contributed by atoms with Crippen LogP contribution in [0.2, 0.25) is 0 Å². The summed E-state index contributed by atoms with van der Waals surface area (Å²) in [5, 5.41) is 2.78. The Balaban J connectivity index is 1.54. The van der Waals surface area contributed by atoms with Gasteiger partial charge in [0.15, 0.2) is 0 Å². The van der Waals surface area contributed by atoms with E-state index in [0.29, 0.717) is 35.7 Å². The van der Waals surface area contributed by atoms with E-state index in [1.807, 2.05) is 18.2 Å². The molecule has 0 bridgehead atoms. The van der Waals surface area contributed by atoms with Gasteiger partial charge in [-0.25, -0.2) is 4.98 Å². The SMILES string of the molecule is NC(=O)c1cccc(Oc2ccc(NC(=O)CCc3ccccn3)cn2)c1. The number of rotatable bonds is 7. The second kappa shape index (κ2) is 8.57. The molecule has 1 aromatic carbocycles. The lowest BCUT2D eigenvalue weighted by atomic mass is 10.2. The van der Waals surface area contributed by atoms with Crippen LogP contribution in [0.5, 0.6) is 11.6 Å². The van der Waals surface area contributed by atoms with Crippen molar-refractivity contribution >= 4 is 17.5 Å². The molecular formula is C20H18N4O3. The summed E-state index contributed by atoms with van der Waals surface area (Å²) < 4.78 is 5.59. The van der Waals surface area contributed by atoms with Gasteiger partial charge in [0, 0.05) is 29.9 Å². The van der Waals surface area contributed by atoms with E-state index in [4.69, 9.17) is 10.5 Å². The molecule has 0 aliphatic heterocycles. The molecular weight excluding hydrogens is 344 g/mol. The van der Waals surface area contributed by atoms with Crippen LogP contribution >= 0.6 is 0 Å². The first-order chi connectivity index (χ1) is 13.1. The number of nitrogens with two attached hydrogens (primary N) is 1. The highest BCUT2D eigenvalue weighted by molar-refractivity contribution is 5.93. The molecule has 0 saturated carbocycles. The Morgan fingerprint density at radius 1 is 1.04 bits per heavy atom. The molecule has 0 aliphatic rings. The standard InChI is InChI=1S/C20H18N4O3/c21-20(26)14-4-3-6-17(12-14)27-19-10-8-16(13-23-19)24-18(25)9-7-15-5-1-2-11-22-15/h1-6,8,10-13H,7,9H2,(H2,21,26)(H,24,25). The Labute approximate surface area is 156 Å². The van der Waals surface area contributed by atoms with E-state index in [1.165, 1.54) is 12.3 Å². The molecule has 2 aromatic heterocycles. The van der Waals surface area contributed by atoms with E-state index in [-0.39, 0.29) is 5.91 Å². The van der Waals surface area contributed by atoms with Crippen molar-refractivity contribution in [2.45, 2.75) is 12.8 Å². The van der Waals surface area contributed by atoms with Crippen LogP contribution in [0.4, 0.5) is 5.69 Å². The summed E-state index contributed by atoms with van der Waals surface area (Å²) in [6, 6.07) is 15.4. The Morgan fingerprint density at radius 3 is 2.63 bits per heavy atom. The largest absolute Gasteiger partial charge is 0.439 e. The molecule has 3 N–H and O–H groups in total. The predicted octanol–water partition coefficient (Wildman–Crippen LogP) is 2.94. The summed E-state index contributed by atoms with van der Waals surface area (Å²) in [6.45, 7) is 0. The second-order valence-electron chi connectivity index (χ2n) is 5.75. The number of aromatic nitrogens is 2. The van der Waals surface area contributed by atoms with Crippen LogP contribution in [0, 0.1) is 0 Å². The Morgan fingerprint density at radius 2 is 1.93 bits per heavy atom. The first-order valence-electron chi connectivity index (χ1n) is 8.34. The molecule has 2 amide bonds. The minimum absolute atomic E-state index is 0.120. The number of carbonyl (C=O) groups excluding carboxylic acids is 2. The number of primary amides is 1. The number of hydrogen-bond acceptors (Lipinski definition) is 5. The minimum atomic E-state index is -0.530. The van der Waals surface area contributed by atoms with Crippen LogP contribution in [0.3, 0.4) is 0 Å². The summed E-state index contributed by atoms with van der Waals surface area (Å²) in [6.07, 6.45) is 4.10. The normalized spacial score (nSPS) is 10.2. The Bertz CT molecular complexity index is 927. The number of nitrogens with one attached hydrogen (secondary N) is 1. The molecule has 0 fully saturated rings. The third-order valence-electron chi connectivity index (χ3n) is 3.70. The minimum Gasteiger partial charge on any atom is -0.439 e. The zero-order valence-electron chi connectivity index (χ0n) is 14.5. The third-order valence-corrected chi connectivity index (χ3v) is 3.70. The van der Waals surface area contributed by atoms with Crippen molar-refractivity contribution < 1.29 is 14.3 Å². The fraction of sp³-hybridized carbons (Fsp3) is 0.100.